The van der Waals surface area contributed by atoms with Gasteiger partial charge >= 0.3 is 0 Å². The van der Waals surface area contributed by atoms with Gasteiger partial charge < -0.3 is 4.40 Å². The number of pyridine rings is 1. The summed E-state index contributed by atoms with van der Waals surface area (Å²) in [5.74, 6) is 0. The fourth-order valence-electron chi connectivity index (χ4n) is 3.43. The van der Waals surface area contributed by atoms with Crippen molar-refractivity contribution in [2.24, 2.45) is 7.05 Å². The first kappa shape index (κ1) is 15.7. The lowest BCUT2D eigenvalue weighted by Crippen LogP contribution is -2.13. The molecule has 0 spiro atoms. The normalized spacial score (nSPS) is 12.8. The zero-order chi connectivity index (χ0) is 18.4. The zero-order valence-electron chi connectivity index (χ0n) is 15.1. The van der Waals surface area contributed by atoms with E-state index < -0.39 is 0 Å². The fraction of sp³-hybridized carbons (Fsp3) is 0.211. The second-order valence-corrected chi connectivity index (χ2v) is 6.57. The monoisotopic (exact) mass is 358 g/mol. The number of nitrogens with zero attached hydrogens (tertiary/aromatic N) is 8. The maximum atomic E-state index is 4.78. The summed E-state index contributed by atoms with van der Waals surface area (Å²) in [6.07, 6.45) is 10.5. The van der Waals surface area contributed by atoms with Crippen molar-refractivity contribution in [2.75, 3.05) is 0 Å². The van der Waals surface area contributed by atoms with Crippen LogP contribution in [0.3, 0.4) is 0 Å². The lowest BCUT2D eigenvalue weighted by atomic mass is 10.1. The van der Waals surface area contributed by atoms with Crippen LogP contribution in [0.1, 0.15) is 24.9 Å². The minimum atomic E-state index is 0.0280. The van der Waals surface area contributed by atoms with Gasteiger partial charge in [-0.15, -0.1) is 5.10 Å². The molecule has 0 aliphatic heterocycles. The Morgan fingerprint density at radius 2 is 2.04 bits per heavy atom. The highest BCUT2D eigenvalue weighted by atomic mass is 15.5. The Bertz CT molecular complexity index is 1250. The van der Waals surface area contributed by atoms with Crippen molar-refractivity contribution < 1.29 is 0 Å². The van der Waals surface area contributed by atoms with E-state index in [2.05, 4.69) is 56.1 Å². The summed E-state index contributed by atoms with van der Waals surface area (Å²) < 4.78 is 5.73. The van der Waals surface area contributed by atoms with E-state index in [0.717, 1.165) is 28.8 Å². The molecule has 5 aromatic rings. The molecule has 1 unspecified atom stereocenters. The Morgan fingerprint density at radius 1 is 1.11 bits per heavy atom. The van der Waals surface area contributed by atoms with Crippen LogP contribution in [-0.2, 0) is 7.05 Å². The molecule has 8 nitrogen and oxygen atoms in total. The molecule has 5 aromatic heterocycles. The summed E-state index contributed by atoms with van der Waals surface area (Å²) in [5, 5.41) is 12.8. The van der Waals surface area contributed by atoms with Gasteiger partial charge in [-0.1, -0.05) is 18.2 Å². The van der Waals surface area contributed by atoms with Gasteiger partial charge in [-0.3, -0.25) is 4.68 Å². The predicted octanol–water partition coefficient (Wildman–Crippen LogP) is 2.87. The first-order valence-corrected chi connectivity index (χ1v) is 8.86. The van der Waals surface area contributed by atoms with Gasteiger partial charge in [0.1, 0.15) is 0 Å². The molecule has 5 heterocycles. The molecule has 0 saturated heterocycles. The fourth-order valence-corrected chi connectivity index (χ4v) is 3.43. The number of rotatable bonds is 4. The third-order valence-electron chi connectivity index (χ3n) is 4.80. The summed E-state index contributed by atoms with van der Waals surface area (Å²) in [6.45, 7) is 2.14. The van der Waals surface area contributed by atoms with Gasteiger partial charge in [-0.2, -0.15) is 5.10 Å². The van der Waals surface area contributed by atoms with E-state index in [1.165, 1.54) is 0 Å². The van der Waals surface area contributed by atoms with E-state index in [0.29, 0.717) is 11.3 Å². The van der Waals surface area contributed by atoms with Crippen molar-refractivity contribution in [2.45, 2.75) is 19.4 Å². The van der Waals surface area contributed by atoms with Gasteiger partial charge in [-0.05, 0) is 30.2 Å². The molecular weight excluding hydrogens is 340 g/mol. The molecule has 0 bridgehead atoms. The first-order valence-electron chi connectivity index (χ1n) is 8.86. The molecule has 0 aliphatic carbocycles. The number of aromatic nitrogens is 8. The molecular formula is C19H18N8. The van der Waals surface area contributed by atoms with Crippen LogP contribution in [0.4, 0.5) is 0 Å². The third kappa shape index (κ3) is 2.57. The van der Waals surface area contributed by atoms with E-state index >= 15 is 0 Å². The van der Waals surface area contributed by atoms with Crippen molar-refractivity contribution in [3.05, 3.63) is 60.8 Å². The van der Waals surface area contributed by atoms with E-state index in [1.54, 1.807) is 17.1 Å². The number of fused-ring (bicyclic) bond motifs is 2. The van der Waals surface area contributed by atoms with Crippen molar-refractivity contribution in [1.29, 1.82) is 0 Å². The molecule has 0 N–H and O–H groups in total. The van der Waals surface area contributed by atoms with Crippen molar-refractivity contribution in [1.82, 2.24) is 39.1 Å². The van der Waals surface area contributed by atoms with Crippen molar-refractivity contribution in [3.8, 4) is 11.3 Å². The molecule has 134 valence electrons. The first-order chi connectivity index (χ1) is 13.2. The SMILES string of the molecule is CCC(c1ccc2cccn2c1)n1nnc2ncc(-c3cnn(C)c3)nc21. The molecule has 8 heteroatoms. The van der Waals surface area contributed by atoms with Gasteiger partial charge in [0.15, 0.2) is 5.65 Å². The quantitative estimate of drug-likeness (QED) is 0.494. The Kier molecular flexibility index (Phi) is 3.49. The highest BCUT2D eigenvalue weighted by Gasteiger charge is 2.19. The van der Waals surface area contributed by atoms with Crippen LogP contribution in [-0.4, -0.2) is 39.1 Å². The predicted molar refractivity (Wildman–Crippen MR) is 101 cm³/mol. The molecule has 0 aliphatic rings. The van der Waals surface area contributed by atoms with Crippen LogP contribution in [0, 0.1) is 0 Å². The maximum absolute atomic E-state index is 4.78. The molecule has 0 radical (unpaired) electrons. The molecule has 0 amide bonds. The minimum absolute atomic E-state index is 0.0280. The van der Waals surface area contributed by atoms with E-state index in [9.17, 15) is 0 Å². The largest absolute Gasteiger partial charge is 0.324 e. The van der Waals surface area contributed by atoms with Crippen LogP contribution in [0.15, 0.2) is 55.2 Å². The smallest absolute Gasteiger partial charge is 0.221 e. The Balaban J connectivity index is 1.63. The Labute approximate surface area is 155 Å². The van der Waals surface area contributed by atoms with Crippen molar-refractivity contribution >= 4 is 16.8 Å². The van der Waals surface area contributed by atoms with Crippen LogP contribution in [0.5, 0.6) is 0 Å². The molecule has 0 fully saturated rings. The third-order valence-corrected chi connectivity index (χ3v) is 4.80. The summed E-state index contributed by atoms with van der Waals surface area (Å²) in [7, 11) is 1.88. The summed E-state index contributed by atoms with van der Waals surface area (Å²) in [6, 6.07) is 8.40. The standard InChI is InChI=1S/C19H18N8/c1-3-17(13-6-7-15-5-4-8-26(15)12-13)27-19-18(23-24-27)20-10-16(22-19)14-9-21-25(2)11-14/h4-12,17H,3H2,1-2H3. The molecule has 0 aromatic carbocycles. The average Bonchev–Trinajstić information content (AvgIpc) is 3.41. The number of hydrogen-bond acceptors (Lipinski definition) is 5. The summed E-state index contributed by atoms with van der Waals surface area (Å²) >= 11 is 0. The van der Waals surface area contributed by atoms with Gasteiger partial charge in [0, 0.05) is 36.7 Å². The van der Waals surface area contributed by atoms with Crippen molar-refractivity contribution in [3.63, 3.8) is 0 Å². The average molecular weight is 358 g/mol. The van der Waals surface area contributed by atoms with Gasteiger partial charge in [0.25, 0.3) is 0 Å². The van der Waals surface area contributed by atoms with Crippen LogP contribution in [0.25, 0.3) is 28.1 Å². The Hall–Kier alpha value is -3.55. The molecule has 0 saturated carbocycles. The van der Waals surface area contributed by atoms with Gasteiger partial charge in [-0.25, -0.2) is 14.6 Å². The second-order valence-electron chi connectivity index (χ2n) is 6.57. The second kappa shape index (κ2) is 6.01. The highest BCUT2D eigenvalue weighted by molar-refractivity contribution is 5.69. The summed E-state index contributed by atoms with van der Waals surface area (Å²) in [4.78, 5) is 9.22. The molecule has 5 rings (SSSR count). The minimum Gasteiger partial charge on any atom is -0.324 e. The molecule has 27 heavy (non-hydrogen) atoms. The molecule has 1 atom stereocenters. The van der Waals surface area contributed by atoms with Crippen LogP contribution < -0.4 is 0 Å². The Morgan fingerprint density at radius 3 is 2.85 bits per heavy atom. The van der Waals surface area contributed by atoms with Crippen LogP contribution in [0.2, 0.25) is 0 Å². The lowest BCUT2D eigenvalue weighted by molar-refractivity contribution is 0.503. The highest BCUT2D eigenvalue weighted by Crippen LogP contribution is 2.25. The van der Waals surface area contributed by atoms with Crippen LogP contribution >= 0.6 is 0 Å². The maximum Gasteiger partial charge on any atom is 0.221 e. The van der Waals surface area contributed by atoms with Gasteiger partial charge in [0.2, 0.25) is 5.65 Å². The summed E-state index contributed by atoms with van der Waals surface area (Å²) in [5.41, 5.74) is 5.22. The van der Waals surface area contributed by atoms with E-state index in [-0.39, 0.29) is 6.04 Å². The van der Waals surface area contributed by atoms with Gasteiger partial charge in [0.05, 0.1) is 24.1 Å². The lowest BCUT2D eigenvalue weighted by Gasteiger charge is -2.16. The number of hydrogen-bond donors (Lipinski definition) is 0. The zero-order valence-corrected chi connectivity index (χ0v) is 15.1. The van der Waals surface area contributed by atoms with E-state index in [1.807, 2.05) is 30.2 Å². The number of aryl methyl sites for hydroxylation is 1. The topological polar surface area (TPSA) is 78.7 Å². The van der Waals surface area contributed by atoms with E-state index in [4.69, 9.17) is 4.98 Å².